The summed E-state index contributed by atoms with van der Waals surface area (Å²) < 4.78 is 3.32. The minimum Gasteiger partial charge on any atom is -0.354 e. The van der Waals surface area contributed by atoms with Crippen LogP contribution in [-0.2, 0) is 4.79 Å². The summed E-state index contributed by atoms with van der Waals surface area (Å²) in [5, 5.41) is 2.99. The first-order valence-electron chi connectivity index (χ1n) is 9.59. The van der Waals surface area contributed by atoms with Crippen LogP contribution in [0.25, 0.3) is 16.7 Å². The Labute approximate surface area is 157 Å². The van der Waals surface area contributed by atoms with Crippen LogP contribution in [0.4, 0.5) is 0 Å². The molecule has 1 aliphatic rings. The molecule has 0 saturated carbocycles. The summed E-state index contributed by atoms with van der Waals surface area (Å²) >= 11 is 0. The van der Waals surface area contributed by atoms with Gasteiger partial charge in [0.25, 0.3) is 5.56 Å². The van der Waals surface area contributed by atoms with Crippen molar-refractivity contribution < 1.29 is 4.79 Å². The molecule has 0 aliphatic heterocycles. The van der Waals surface area contributed by atoms with Gasteiger partial charge in [0.15, 0.2) is 5.65 Å². The predicted molar refractivity (Wildman–Crippen MR) is 106 cm³/mol. The van der Waals surface area contributed by atoms with Gasteiger partial charge in [-0.25, -0.2) is 4.98 Å². The molecule has 0 radical (unpaired) electrons. The van der Waals surface area contributed by atoms with Gasteiger partial charge in [-0.1, -0.05) is 11.6 Å². The van der Waals surface area contributed by atoms with E-state index in [1.807, 2.05) is 28.8 Å². The summed E-state index contributed by atoms with van der Waals surface area (Å²) in [6.45, 7) is 2.35. The molecule has 140 valence electrons. The van der Waals surface area contributed by atoms with Gasteiger partial charge in [0.1, 0.15) is 11.6 Å². The van der Waals surface area contributed by atoms with Crippen LogP contribution in [0.15, 0.2) is 53.1 Å². The van der Waals surface area contributed by atoms with Crippen molar-refractivity contribution in [3.63, 3.8) is 0 Å². The van der Waals surface area contributed by atoms with E-state index in [-0.39, 0.29) is 11.5 Å². The highest BCUT2D eigenvalue weighted by Gasteiger charge is 2.21. The van der Waals surface area contributed by atoms with E-state index < -0.39 is 6.04 Å². The predicted octanol–water partition coefficient (Wildman–Crippen LogP) is 3.22. The summed E-state index contributed by atoms with van der Waals surface area (Å²) in [6, 6.07) is 6.71. The maximum absolute atomic E-state index is 13.0. The van der Waals surface area contributed by atoms with Gasteiger partial charge in [-0.2, -0.15) is 0 Å². The largest absolute Gasteiger partial charge is 0.354 e. The summed E-state index contributed by atoms with van der Waals surface area (Å²) in [6.07, 6.45) is 11.4. The molecule has 0 spiro atoms. The topological polar surface area (TPSA) is 68.4 Å². The number of allylic oxidation sites excluding steroid dienone is 1. The molecule has 6 heteroatoms. The fraction of sp³-hybridized carbons (Fsp3) is 0.381. The van der Waals surface area contributed by atoms with Crippen LogP contribution < -0.4 is 10.9 Å². The van der Waals surface area contributed by atoms with Crippen molar-refractivity contribution in [1.82, 2.24) is 19.3 Å². The lowest BCUT2D eigenvalue weighted by atomic mass is 9.97. The second-order valence-corrected chi connectivity index (χ2v) is 7.11. The van der Waals surface area contributed by atoms with Gasteiger partial charge < -0.3 is 9.72 Å². The zero-order valence-corrected chi connectivity index (χ0v) is 15.5. The minimum absolute atomic E-state index is 0.156. The van der Waals surface area contributed by atoms with Crippen LogP contribution >= 0.6 is 0 Å². The smallest absolute Gasteiger partial charge is 0.277 e. The van der Waals surface area contributed by atoms with Crippen LogP contribution in [0.2, 0.25) is 0 Å². The van der Waals surface area contributed by atoms with Gasteiger partial charge in [-0.05, 0) is 63.3 Å². The van der Waals surface area contributed by atoms with Crippen molar-refractivity contribution >= 4 is 22.6 Å². The first-order chi connectivity index (χ1) is 13.2. The molecule has 3 aromatic heterocycles. The first-order valence-corrected chi connectivity index (χ1v) is 9.59. The molecule has 1 amide bonds. The van der Waals surface area contributed by atoms with E-state index in [0.29, 0.717) is 17.7 Å². The van der Waals surface area contributed by atoms with Crippen LogP contribution in [0, 0.1) is 0 Å². The Morgan fingerprint density at radius 3 is 2.93 bits per heavy atom. The number of aromatic nitrogens is 3. The van der Waals surface area contributed by atoms with E-state index in [1.54, 1.807) is 19.2 Å². The number of carbonyl (C=O) groups is 1. The van der Waals surface area contributed by atoms with Crippen LogP contribution in [0.5, 0.6) is 0 Å². The molecule has 6 nitrogen and oxygen atoms in total. The van der Waals surface area contributed by atoms with Crippen LogP contribution in [0.1, 0.15) is 45.1 Å². The monoisotopic (exact) mass is 364 g/mol. The normalized spacial score (nSPS) is 15.7. The van der Waals surface area contributed by atoms with Gasteiger partial charge in [-0.3, -0.25) is 14.2 Å². The van der Waals surface area contributed by atoms with Gasteiger partial charge in [0.2, 0.25) is 5.91 Å². The van der Waals surface area contributed by atoms with E-state index >= 15 is 0 Å². The number of hydrogen-bond donors (Lipinski definition) is 1. The molecule has 27 heavy (non-hydrogen) atoms. The van der Waals surface area contributed by atoms with Crippen molar-refractivity contribution in [2.75, 3.05) is 6.54 Å². The summed E-state index contributed by atoms with van der Waals surface area (Å²) in [5.74, 6) is -0.156. The number of nitrogens with zero attached hydrogens (tertiary/aromatic N) is 3. The Balaban J connectivity index is 1.60. The van der Waals surface area contributed by atoms with E-state index in [9.17, 15) is 9.59 Å². The molecule has 0 aromatic carbocycles. The zero-order valence-electron chi connectivity index (χ0n) is 15.5. The number of pyridine rings is 1. The second-order valence-electron chi connectivity index (χ2n) is 7.11. The minimum atomic E-state index is -0.630. The number of rotatable bonds is 5. The van der Waals surface area contributed by atoms with Crippen molar-refractivity contribution in [2.45, 2.75) is 45.1 Å². The Bertz CT molecular complexity index is 1080. The van der Waals surface area contributed by atoms with Crippen molar-refractivity contribution in [2.24, 2.45) is 0 Å². The molecular formula is C21H24N4O2. The Morgan fingerprint density at radius 1 is 1.26 bits per heavy atom. The first kappa shape index (κ1) is 17.5. The van der Waals surface area contributed by atoms with Crippen molar-refractivity contribution in [1.29, 1.82) is 0 Å². The Morgan fingerprint density at radius 2 is 2.11 bits per heavy atom. The molecule has 1 aliphatic carbocycles. The average molecular weight is 364 g/mol. The molecule has 1 atom stereocenters. The molecule has 1 N–H and O–H groups in total. The molecule has 1 unspecified atom stereocenters. The van der Waals surface area contributed by atoms with E-state index in [2.05, 4.69) is 16.4 Å². The third-order valence-corrected chi connectivity index (χ3v) is 5.34. The van der Waals surface area contributed by atoms with E-state index in [4.69, 9.17) is 0 Å². The molecule has 4 rings (SSSR count). The molecule has 3 aromatic rings. The molecule has 0 saturated heterocycles. The highest BCUT2D eigenvalue weighted by atomic mass is 16.2. The summed E-state index contributed by atoms with van der Waals surface area (Å²) in [5.41, 5.74) is 3.09. The number of hydrogen-bond acceptors (Lipinski definition) is 3. The third-order valence-electron chi connectivity index (χ3n) is 5.34. The molecular weight excluding hydrogens is 340 g/mol. The Kier molecular flexibility index (Phi) is 4.79. The van der Waals surface area contributed by atoms with Gasteiger partial charge in [0.05, 0.1) is 5.52 Å². The lowest BCUT2D eigenvalue weighted by Crippen LogP contribution is -2.37. The number of amides is 1. The van der Waals surface area contributed by atoms with Gasteiger partial charge in [0, 0.05) is 18.9 Å². The van der Waals surface area contributed by atoms with Crippen LogP contribution in [-0.4, -0.2) is 26.4 Å². The highest BCUT2D eigenvalue weighted by Crippen LogP contribution is 2.20. The maximum atomic E-state index is 13.0. The number of fused-ring (bicyclic) bond motifs is 3. The van der Waals surface area contributed by atoms with E-state index in [1.165, 1.54) is 23.0 Å². The van der Waals surface area contributed by atoms with Crippen LogP contribution in [0.3, 0.4) is 0 Å². The Hall–Kier alpha value is -2.89. The molecule has 3 heterocycles. The van der Waals surface area contributed by atoms with Crippen molar-refractivity contribution in [3.8, 4) is 0 Å². The highest BCUT2D eigenvalue weighted by molar-refractivity contribution is 5.83. The second kappa shape index (κ2) is 7.39. The quantitative estimate of drug-likeness (QED) is 0.707. The summed E-state index contributed by atoms with van der Waals surface area (Å²) in [4.78, 5) is 30.1. The summed E-state index contributed by atoms with van der Waals surface area (Å²) in [7, 11) is 0. The molecule has 0 fully saturated rings. The SMILES string of the molecule is CC(C(=O)NCCC1=CCCCC1)n1c(=O)c2cccn2c2cccnc21. The van der Waals surface area contributed by atoms with E-state index in [0.717, 1.165) is 24.8 Å². The van der Waals surface area contributed by atoms with Gasteiger partial charge >= 0.3 is 0 Å². The number of carbonyl (C=O) groups excluding carboxylic acids is 1. The fourth-order valence-electron chi connectivity index (χ4n) is 3.85. The standard InChI is InChI=1S/C21H24N4O2/c1-15(20(26)23-13-11-16-7-3-2-4-8-16)25-19-17(9-5-12-22-19)24-14-6-10-18(24)21(25)27/h5-7,9-10,12,14-15H,2-4,8,11,13H2,1H3,(H,23,26). The average Bonchev–Trinajstić information content (AvgIpc) is 3.19. The fourth-order valence-corrected chi connectivity index (χ4v) is 3.85. The maximum Gasteiger partial charge on any atom is 0.277 e. The number of nitrogens with one attached hydrogen (secondary N) is 1. The lowest BCUT2D eigenvalue weighted by Gasteiger charge is -2.19. The molecule has 0 bridgehead atoms. The van der Waals surface area contributed by atoms with Gasteiger partial charge in [-0.15, -0.1) is 0 Å². The lowest BCUT2D eigenvalue weighted by molar-refractivity contribution is -0.123. The zero-order chi connectivity index (χ0) is 18.8. The van der Waals surface area contributed by atoms with Crippen molar-refractivity contribution in [3.05, 3.63) is 58.7 Å². The third kappa shape index (κ3) is 3.27.